The number of rotatable bonds is 15. The molecule has 3 aromatic carbocycles. The van der Waals surface area contributed by atoms with E-state index in [9.17, 15) is 34.0 Å². The number of hydrogen-bond donors (Lipinski definition) is 4. The Morgan fingerprint density at radius 3 is 2.19 bits per heavy atom. The minimum absolute atomic E-state index is 0.00299. The Kier molecular flexibility index (Phi) is 12.4. The average molecular weight is 692 g/mol. The molecule has 0 aliphatic carbocycles. The van der Waals surface area contributed by atoms with E-state index in [0.717, 1.165) is 17.1 Å². The Morgan fingerprint density at radius 1 is 0.917 bits per heavy atom. The number of fused-ring (bicyclic) bond motifs is 1. The molecule has 2 amide bonds. The van der Waals surface area contributed by atoms with Crippen LogP contribution in [0.5, 0.6) is 0 Å². The summed E-state index contributed by atoms with van der Waals surface area (Å²) in [5.74, 6) is -4.48. The maximum Gasteiger partial charge on any atom is 0.361 e. The highest BCUT2D eigenvalue weighted by atomic mass is 32.2. The number of esters is 1. The highest BCUT2D eigenvalue weighted by Gasteiger charge is 2.50. The van der Waals surface area contributed by atoms with Gasteiger partial charge in [0.25, 0.3) is 10.4 Å². The minimum atomic E-state index is -2.08. The van der Waals surface area contributed by atoms with Crippen molar-refractivity contribution in [3.8, 4) is 0 Å². The lowest BCUT2D eigenvalue weighted by atomic mass is 9.92. The molecule has 0 aliphatic rings. The summed E-state index contributed by atoms with van der Waals surface area (Å²) >= 11 is 1.08. The number of carbonyl (C=O) groups is 4. The second-order valence-corrected chi connectivity index (χ2v) is 13.7. The van der Waals surface area contributed by atoms with E-state index in [1.165, 1.54) is 31.4 Å². The van der Waals surface area contributed by atoms with Gasteiger partial charge in [0.15, 0.2) is 0 Å². The molecular weight excluding hydrogens is 653 g/mol. The molecule has 1 heterocycles. The highest BCUT2D eigenvalue weighted by molar-refractivity contribution is 7.99. The second kappa shape index (κ2) is 16.5. The van der Waals surface area contributed by atoms with Crippen LogP contribution in [-0.2, 0) is 25.3 Å². The Morgan fingerprint density at radius 2 is 1.56 bits per heavy atom. The maximum absolute atomic E-state index is 13.7. The van der Waals surface area contributed by atoms with E-state index < -0.39 is 49.5 Å². The van der Waals surface area contributed by atoms with Gasteiger partial charge in [-0.1, -0.05) is 65.6 Å². The second-order valence-electron chi connectivity index (χ2n) is 11.7. The summed E-state index contributed by atoms with van der Waals surface area (Å²) < 4.78 is 19.1. The van der Waals surface area contributed by atoms with E-state index in [2.05, 4.69) is 10.7 Å². The van der Waals surface area contributed by atoms with Gasteiger partial charge >= 0.3 is 26.3 Å². The fourth-order valence-electron chi connectivity index (χ4n) is 5.13. The maximum atomic E-state index is 13.7. The van der Waals surface area contributed by atoms with E-state index in [0.29, 0.717) is 16.1 Å². The predicted octanol–water partition coefficient (Wildman–Crippen LogP) is 4.58. The lowest BCUT2D eigenvalue weighted by Crippen LogP contribution is -2.52. The Balaban J connectivity index is 1.66. The average Bonchev–Trinajstić information content (AvgIpc) is 3.09. The van der Waals surface area contributed by atoms with E-state index >= 15 is 0 Å². The first kappa shape index (κ1) is 36.2. The SMILES string of the molecule is COC(=O)c1ccc(C(=O)N[n+]2c(SCC(O)([PH+]=O)C(Cc3ccccc3)C(=O)N[C@@H](CC(C)C)C(=O)O)ccc3ccccc32)cc1. The highest BCUT2D eigenvalue weighted by Crippen LogP contribution is 2.37. The van der Waals surface area contributed by atoms with Gasteiger partial charge < -0.3 is 20.3 Å². The van der Waals surface area contributed by atoms with Crippen LogP contribution in [0.4, 0.5) is 0 Å². The number of ether oxygens (including phenoxy) is 1. The Hall–Kier alpha value is -4.64. The minimum Gasteiger partial charge on any atom is -0.480 e. The molecule has 4 rings (SSSR count). The number of hydrogen-bond acceptors (Lipinski definition) is 8. The number of methoxy groups -OCH3 is 1. The number of nitrogens with one attached hydrogen (secondary N) is 2. The molecular formula is C35H38N3O8PS+2. The first-order valence-corrected chi connectivity index (χ1v) is 17.1. The molecule has 4 aromatic rings. The van der Waals surface area contributed by atoms with Crippen LogP contribution in [0.1, 0.15) is 46.5 Å². The number of carboxylic acids is 1. The fourth-order valence-corrected chi connectivity index (χ4v) is 6.97. The van der Waals surface area contributed by atoms with Gasteiger partial charge in [0.2, 0.25) is 11.4 Å². The monoisotopic (exact) mass is 691 g/mol. The van der Waals surface area contributed by atoms with Crippen LogP contribution in [-0.4, -0.2) is 58.2 Å². The van der Waals surface area contributed by atoms with Crippen LogP contribution in [0.2, 0.25) is 0 Å². The molecule has 0 radical (unpaired) electrons. The molecule has 4 N–H and O–H groups in total. The number of carboxylic acid groups (broad SMARTS) is 1. The number of para-hydroxylation sites is 1. The lowest BCUT2D eigenvalue weighted by Gasteiger charge is -2.26. The fraction of sp³-hybridized carbons (Fsp3) is 0.286. The largest absolute Gasteiger partial charge is 0.480 e. The van der Waals surface area contributed by atoms with Gasteiger partial charge in [0.05, 0.1) is 18.4 Å². The number of pyridine rings is 1. The van der Waals surface area contributed by atoms with Crippen LogP contribution >= 0.6 is 20.2 Å². The zero-order chi connectivity index (χ0) is 34.8. The number of amides is 2. The molecule has 13 heteroatoms. The van der Waals surface area contributed by atoms with Gasteiger partial charge in [-0.25, -0.2) is 9.59 Å². The molecule has 0 aliphatic heterocycles. The van der Waals surface area contributed by atoms with E-state index in [-0.39, 0.29) is 35.6 Å². The number of aliphatic hydroxyl groups is 1. The third-order valence-corrected chi connectivity index (χ3v) is 10.0. The van der Waals surface area contributed by atoms with Gasteiger partial charge in [-0.3, -0.25) is 9.59 Å². The van der Waals surface area contributed by atoms with Crippen molar-refractivity contribution in [1.29, 1.82) is 0 Å². The number of nitrogens with zero attached hydrogens (tertiary/aromatic N) is 1. The first-order valence-electron chi connectivity index (χ1n) is 15.2. The van der Waals surface area contributed by atoms with Crippen LogP contribution < -0.4 is 15.4 Å². The van der Waals surface area contributed by atoms with Crippen molar-refractivity contribution >= 4 is 54.9 Å². The van der Waals surface area contributed by atoms with Crippen LogP contribution in [0.3, 0.4) is 0 Å². The molecule has 48 heavy (non-hydrogen) atoms. The van der Waals surface area contributed by atoms with E-state index in [4.69, 9.17) is 4.74 Å². The first-order chi connectivity index (χ1) is 22.9. The molecule has 0 fully saturated rings. The molecule has 11 nitrogen and oxygen atoms in total. The summed E-state index contributed by atoms with van der Waals surface area (Å²) in [7, 11) is -0.0770. The van der Waals surface area contributed by atoms with Crippen molar-refractivity contribution in [2.24, 2.45) is 11.8 Å². The van der Waals surface area contributed by atoms with E-state index in [1.807, 2.05) is 32.0 Å². The number of aromatic nitrogens is 1. The normalized spacial score (nSPS) is 13.8. The van der Waals surface area contributed by atoms with Gasteiger partial charge in [0.1, 0.15) is 12.0 Å². The van der Waals surface area contributed by atoms with Crippen molar-refractivity contribution in [3.63, 3.8) is 0 Å². The zero-order valence-electron chi connectivity index (χ0n) is 26.7. The molecule has 4 atom stereocenters. The van der Waals surface area contributed by atoms with Crippen LogP contribution in [0, 0.1) is 11.8 Å². The van der Waals surface area contributed by atoms with Crippen molar-refractivity contribution in [2.75, 3.05) is 18.3 Å². The summed E-state index contributed by atoms with van der Waals surface area (Å²) in [5.41, 5.74) is 4.76. The predicted molar refractivity (Wildman–Crippen MR) is 183 cm³/mol. The molecule has 0 saturated heterocycles. The molecule has 0 spiro atoms. The molecule has 250 valence electrons. The summed E-state index contributed by atoms with van der Waals surface area (Å²) in [6.07, 6.45) is 0.178. The molecule has 3 unspecified atom stereocenters. The summed E-state index contributed by atoms with van der Waals surface area (Å²) in [6, 6.07) is 24.5. The molecule has 0 saturated carbocycles. The van der Waals surface area contributed by atoms with Gasteiger partial charge in [0, 0.05) is 23.1 Å². The quantitative estimate of drug-likeness (QED) is 0.0605. The number of thioether (sulfide) groups is 1. The smallest absolute Gasteiger partial charge is 0.361 e. The zero-order valence-corrected chi connectivity index (χ0v) is 28.5. The van der Waals surface area contributed by atoms with Gasteiger partial charge in [-0.2, -0.15) is 0 Å². The lowest BCUT2D eigenvalue weighted by molar-refractivity contribution is -0.653. The number of aliphatic carboxylic acids is 1. The van der Waals surface area contributed by atoms with Crippen LogP contribution in [0.25, 0.3) is 10.9 Å². The summed E-state index contributed by atoms with van der Waals surface area (Å²) in [5, 5.41) is 23.4. The van der Waals surface area contributed by atoms with Gasteiger partial charge in [-0.05, 0) is 72.5 Å². The van der Waals surface area contributed by atoms with E-state index in [1.54, 1.807) is 53.2 Å². The topological polar surface area (TPSA) is 163 Å². The van der Waals surface area contributed by atoms with Gasteiger partial charge in [-0.15, -0.1) is 5.43 Å². The standard InChI is InChI=1S/C35H36N3O8PS/c1-22(2)19-28(33(41)42)36-32(40)27(20-23-9-5-4-6-10-23)35(44,47-45)21-48-30-18-17-24-11-7-8-12-29(24)38(30)37-31(39)25-13-15-26(16-14-25)34(43)46-3/h4-18,22,27-28,44H,19-21H2,1-3H3,(H2-,36,37,39,40,41,42)/p+2/t27?,28-,35?/m0/s1. The van der Waals surface area contributed by atoms with Crippen molar-refractivity contribution in [1.82, 2.24) is 5.32 Å². The van der Waals surface area contributed by atoms with Crippen molar-refractivity contribution in [3.05, 3.63) is 108 Å². The molecule has 0 bridgehead atoms. The number of carbonyl (C=O) groups excluding carboxylic acids is 3. The molecule has 1 aromatic heterocycles. The number of benzene rings is 3. The Labute approximate surface area is 283 Å². The van der Waals surface area contributed by atoms with Crippen molar-refractivity contribution < 1.29 is 43.4 Å². The third kappa shape index (κ3) is 9.03. The summed E-state index contributed by atoms with van der Waals surface area (Å²) in [6.45, 7) is 3.68. The van der Waals surface area contributed by atoms with Crippen molar-refractivity contribution in [2.45, 2.75) is 43.1 Å². The third-order valence-electron chi connectivity index (χ3n) is 7.70. The summed E-state index contributed by atoms with van der Waals surface area (Å²) in [4.78, 5) is 50.9. The van der Waals surface area contributed by atoms with Crippen LogP contribution in [0.15, 0.2) is 96.0 Å². The Bertz CT molecular complexity index is 1790.